The maximum atomic E-state index is 9.50. The van der Waals surface area contributed by atoms with E-state index in [2.05, 4.69) is 15.1 Å². The summed E-state index contributed by atoms with van der Waals surface area (Å²) in [6.07, 6.45) is 4.07. The second-order valence-electron chi connectivity index (χ2n) is 2.93. The Labute approximate surface area is 81.1 Å². The Bertz CT molecular complexity index is 411. The van der Waals surface area contributed by atoms with Gasteiger partial charge in [-0.05, 0) is 13.0 Å². The van der Waals surface area contributed by atoms with Gasteiger partial charge in [0.1, 0.15) is 12.7 Å². The predicted molar refractivity (Wildman–Crippen MR) is 49.8 cm³/mol. The summed E-state index contributed by atoms with van der Waals surface area (Å²) in [6.45, 7) is 1.69. The van der Waals surface area contributed by atoms with Crippen LogP contribution in [0.25, 0.3) is 5.82 Å². The molecule has 2 rings (SSSR count). The second-order valence-corrected chi connectivity index (χ2v) is 2.93. The first kappa shape index (κ1) is 8.83. The van der Waals surface area contributed by atoms with Crippen LogP contribution in [-0.2, 0) is 0 Å². The third-order valence-electron chi connectivity index (χ3n) is 1.90. The van der Waals surface area contributed by atoms with Gasteiger partial charge < -0.3 is 5.11 Å². The molecule has 0 aromatic carbocycles. The highest BCUT2D eigenvalue weighted by Gasteiger charge is 2.10. The van der Waals surface area contributed by atoms with Gasteiger partial charge in [-0.2, -0.15) is 5.10 Å². The Morgan fingerprint density at radius 1 is 1.50 bits per heavy atom. The van der Waals surface area contributed by atoms with E-state index in [1.807, 2.05) is 6.07 Å². The van der Waals surface area contributed by atoms with Crippen molar-refractivity contribution in [1.29, 1.82) is 0 Å². The Balaban J connectivity index is 2.53. The lowest BCUT2D eigenvalue weighted by Gasteiger charge is -2.09. The van der Waals surface area contributed by atoms with Crippen LogP contribution in [0.15, 0.2) is 31.0 Å². The summed E-state index contributed by atoms with van der Waals surface area (Å²) in [4.78, 5) is 7.97. The van der Waals surface area contributed by atoms with Gasteiger partial charge in [0.2, 0.25) is 0 Å². The summed E-state index contributed by atoms with van der Waals surface area (Å²) in [7, 11) is 0. The van der Waals surface area contributed by atoms with Crippen LogP contribution in [0.5, 0.6) is 0 Å². The fourth-order valence-corrected chi connectivity index (χ4v) is 1.24. The van der Waals surface area contributed by atoms with Crippen molar-refractivity contribution in [2.24, 2.45) is 0 Å². The molecule has 0 unspecified atom stereocenters. The first-order chi connectivity index (χ1) is 6.79. The minimum absolute atomic E-state index is 0.567. The molecular weight excluding hydrogens is 180 g/mol. The van der Waals surface area contributed by atoms with Crippen LogP contribution in [0.3, 0.4) is 0 Å². The number of hydrogen-bond acceptors (Lipinski definition) is 4. The SMILES string of the molecule is C[C@H](O)c1cccnc1-n1cncn1. The van der Waals surface area contributed by atoms with Gasteiger partial charge in [0, 0.05) is 11.8 Å². The number of aliphatic hydroxyl groups is 1. The van der Waals surface area contributed by atoms with E-state index in [-0.39, 0.29) is 0 Å². The van der Waals surface area contributed by atoms with Gasteiger partial charge in [-0.25, -0.2) is 14.6 Å². The molecule has 5 nitrogen and oxygen atoms in total. The van der Waals surface area contributed by atoms with Crippen LogP contribution in [0.4, 0.5) is 0 Å². The molecule has 0 saturated heterocycles. The Hall–Kier alpha value is -1.75. The van der Waals surface area contributed by atoms with E-state index in [0.29, 0.717) is 5.82 Å². The van der Waals surface area contributed by atoms with Crippen LogP contribution >= 0.6 is 0 Å². The third kappa shape index (κ3) is 1.49. The molecule has 0 spiro atoms. The molecule has 0 saturated carbocycles. The molecular formula is C9H10N4O. The van der Waals surface area contributed by atoms with E-state index in [9.17, 15) is 5.11 Å². The molecule has 0 aliphatic carbocycles. The summed E-state index contributed by atoms with van der Waals surface area (Å²) >= 11 is 0. The monoisotopic (exact) mass is 190 g/mol. The average Bonchev–Trinajstić information content (AvgIpc) is 2.70. The predicted octanol–water partition coefficient (Wildman–Crippen LogP) is 0.716. The van der Waals surface area contributed by atoms with Crippen LogP contribution in [0.1, 0.15) is 18.6 Å². The zero-order chi connectivity index (χ0) is 9.97. The fourth-order valence-electron chi connectivity index (χ4n) is 1.24. The molecule has 2 heterocycles. The molecule has 72 valence electrons. The molecule has 0 fully saturated rings. The Morgan fingerprint density at radius 2 is 2.36 bits per heavy atom. The molecule has 14 heavy (non-hydrogen) atoms. The molecule has 0 bridgehead atoms. The number of rotatable bonds is 2. The van der Waals surface area contributed by atoms with Crippen molar-refractivity contribution in [2.45, 2.75) is 13.0 Å². The second kappa shape index (κ2) is 3.55. The van der Waals surface area contributed by atoms with Crippen molar-refractivity contribution in [2.75, 3.05) is 0 Å². The van der Waals surface area contributed by atoms with Crippen molar-refractivity contribution in [3.63, 3.8) is 0 Å². The maximum absolute atomic E-state index is 9.50. The van der Waals surface area contributed by atoms with Crippen LogP contribution in [-0.4, -0.2) is 24.9 Å². The Morgan fingerprint density at radius 3 is 3.00 bits per heavy atom. The zero-order valence-electron chi connectivity index (χ0n) is 7.70. The summed E-state index contributed by atoms with van der Waals surface area (Å²) in [5.74, 6) is 0.611. The lowest BCUT2D eigenvalue weighted by molar-refractivity contribution is 0.198. The summed E-state index contributed by atoms with van der Waals surface area (Å²) < 4.78 is 1.53. The topological polar surface area (TPSA) is 63.8 Å². The number of aromatic nitrogens is 4. The smallest absolute Gasteiger partial charge is 0.160 e. The van der Waals surface area contributed by atoms with E-state index in [0.717, 1.165) is 5.56 Å². The van der Waals surface area contributed by atoms with E-state index in [4.69, 9.17) is 0 Å². The highest BCUT2D eigenvalue weighted by molar-refractivity contribution is 5.33. The summed E-state index contributed by atoms with van der Waals surface area (Å²) in [5, 5.41) is 13.5. The quantitative estimate of drug-likeness (QED) is 0.757. The van der Waals surface area contributed by atoms with Crippen LogP contribution in [0, 0.1) is 0 Å². The fraction of sp³-hybridized carbons (Fsp3) is 0.222. The van der Waals surface area contributed by atoms with Gasteiger partial charge in [0.25, 0.3) is 0 Å². The van der Waals surface area contributed by atoms with Gasteiger partial charge in [-0.3, -0.25) is 0 Å². The third-order valence-corrected chi connectivity index (χ3v) is 1.90. The van der Waals surface area contributed by atoms with Crippen molar-refractivity contribution in [3.05, 3.63) is 36.5 Å². The molecule has 0 radical (unpaired) electrons. The van der Waals surface area contributed by atoms with Gasteiger partial charge in [0.15, 0.2) is 5.82 Å². The number of aliphatic hydroxyl groups excluding tert-OH is 1. The maximum Gasteiger partial charge on any atom is 0.160 e. The van der Waals surface area contributed by atoms with Gasteiger partial charge >= 0.3 is 0 Å². The molecule has 0 aliphatic rings. The van der Waals surface area contributed by atoms with E-state index < -0.39 is 6.10 Å². The van der Waals surface area contributed by atoms with Crippen molar-refractivity contribution in [3.8, 4) is 5.82 Å². The molecule has 0 aliphatic heterocycles. The van der Waals surface area contributed by atoms with Gasteiger partial charge in [0.05, 0.1) is 6.10 Å². The van der Waals surface area contributed by atoms with Crippen LogP contribution in [0.2, 0.25) is 0 Å². The van der Waals surface area contributed by atoms with E-state index in [1.165, 1.54) is 11.0 Å². The molecule has 2 aromatic heterocycles. The number of pyridine rings is 1. The Kier molecular flexibility index (Phi) is 2.24. The molecule has 1 N–H and O–H groups in total. The average molecular weight is 190 g/mol. The van der Waals surface area contributed by atoms with Crippen LogP contribution < -0.4 is 0 Å². The minimum atomic E-state index is -0.567. The first-order valence-corrected chi connectivity index (χ1v) is 4.27. The lowest BCUT2D eigenvalue weighted by atomic mass is 10.1. The zero-order valence-corrected chi connectivity index (χ0v) is 7.70. The lowest BCUT2D eigenvalue weighted by Crippen LogP contribution is -2.05. The summed E-state index contributed by atoms with van der Waals surface area (Å²) in [6, 6.07) is 3.59. The van der Waals surface area contributed by atoms with E-state index >= 15 is 0 Å². The first-order valence-electron chi connectivity index (χ1n) is 4.27. The molecule has 2 aromatic rings. The standard InChI is InChI=1S/C9H10N4O/c1-7(14)8-3-2-4-11-9(8)13-6-10-5-12-13/h2-7,14H,1H3/t7-/m0/s1. The minimum Gasteiger partial charge on any atom is -0.389 e. The molecule has 1 atom stereocenters. The summed E-state index contributed by atoms with van der Waals surface area (Å²) in [5.41, 5.74) is 0.734. The van der Waals surface area contributed by atoms with E-state index in [1.54, 1.807) is 25.5 Å². The normalized spacial score (nSPS) is 12.7. The van der Waals surface area contributed by atoms with Gasteiger partial charge in [-0.15, -0.1) is 0 Å². The van der Waals surface area contributed by atoms with Crippen molar-refractivity contribution in [1.82, 2.24) is 19.7 Å². The number of hydrogen-bond donors (Lipinski definition) is 1. The highest BCUT2D eigenvalue weighted by Crippen LogP contribution is 2.17. The van der Waals surface area contributed by atoms with Crippen molar-refractivity contribution >= 4 is 0 Å². The largest absolute Gasteiger partial charge is 0.389 e. The molecule has 0 amide bonds. The number of nitrogens with zero attached hydrogens (tertiary/aromatic N) is 4. The van der Waals surface area contributed by atoms with Crippen molar-refractivity contribution < 1.29 is 5.11 Å². The molecule has 5 heteroatoms. The highest BCUT2D eigenvalue weighted by atomic mass is 16.3. The van der Waals surface area contributed by atoms with Gasteiger partial charge in [-0.1, -0.05) is 6.07 Å².